The number of nitrogens with one attached hydrogen (secondary N) is 2. The van der Waals surface area contributed by atoms with Crippen LogP contribution in [0.3, 0.4) is 0 Å². The summed E-state index contributed by atoms with van der Waals surface area (Å²) in [6.45, 7) is 3.94. The van der Waals surface area contributed by atoms with Crippen molar-refractivity contribution in [3.8, 4) is 0 Å². The second-order valence-electron chi connectivity index (χ2n) is 7.84. The minimum Gasteiger partial charge on any atom is -0.357 e. The Morgan fingerprint density at radius 2 is 1.78 bits per heavy atom. The number of nitrogens with zero attached hydrogens (tertiary/aromatic N) is 2. The van der Waals surface area contributed by atoms with Crippen LogP contribution in [0.5, 0.6) is 0 Å². The second-order valence-corrected chi connectivity index (χ2v) is 9.61. The van der Waals surface area contributed by atoms with E-state index in [2.05, 4.69) is 19.9 Å². The first-order valence-corrected chi connectivity index (χ1v) is 12.1. The van der Waals surface area contributed by atoms with Crippen molar-refractivity contribution in [2.45, 2.75) is 31.2 Å². The van der Waals surface area contributed by atoms with Gasteiger partial charge >= 0.3 is 0 Å². The van der Waals surface area contributed by atoms with Gasteiger partial charge < -0.3 is 10.2 Å². The molecule has 3 aromatic rings. The Morgan fingerprint density at radius 3 is 2.47 bits per heavy atom. The molecular weight excluding hydrogens is 424 g/mol. The average Bonchev–Trinajstić information content (AvgIpc) is 3.34. The molecule has 0 aliphatic carbocycles. The molecule has 166 valence electrons. The number of benzene rings is 2. The molecule has 4 rings (SSSR count). The normalized spacial score (nSPS) is 13.8. The summed E-state index contributed by atoms with van der Waals surface area (Å²) < 4.78 is 28.1. The van der Waals surface area contributed by atoms with E-state index in [1.165, 1.54) is 25.0 Å². The molecule has 1 aliphatic heterocycles. The summed E-state index contributed by atoms with van der Waals surface area (Å²) in [5.74, 6) is 0.521. The topological polar surface area (TPSA) is 91.4 Å². The first-order chi connectivity index (χ1) is 15.4. The largest absolute Gasteiger partial charge is 0.357 e. The summed E-state index contributed by atoms with van der Waals surface area (Å²) in [6, 6.07) is 17.5. The number of aromatic nitrogens is 1. The van der Waals surface area contributed by atoms with Gasteiger partial charge in [-0.15, -0.1) is 0 Å². The monoisotopic (exact) mass is 450 g/mol. The van der Waals surface area contributed by atoms with Gasteiger partial charge in [0.1, 0.15) is 5.82 Å². The number of hydrogen-bond acceptors (Lipinski definition) is 5. The van der Waals surface area contributed by atoms with Crippen molar-refractivity contribution in [3.63, 3.8) is 0 Å². The van der Waals surface area contributed by atoms with Crippen LogP contribution in [-0.2, 0) is 16.6 Å². The Bertz CT molecular complexity index is 1190. The van der Waals surface area contributed by atoms with Gasteiger partial charge in [-0.1, -0.05) is 36.4 Å². The van der Waals surface area contributed by atoms with Crippen molar-refractivity contribution in [2.75, 3.05) is 23.3 Å². The van der Waals surface area contributed by atoms with Crippen LogP contribution in [0.2, 0.25) is 0 Å². The maximum atomic E-state index is 12.9. The van der Waals surface area contributed by atoms with Gasteiger partial charge in [-0.05, 0) is 55.2 Å². The Kier molecular flexibility index (Phi) is 6.53. The molecule has 1 aliphatic rings. The number of anilines is 2. The van der Waals surface area contributed by atoms with Crippen molar-refractivity contribution in [2.24, 2.45) is 0 Å². The van der Waals surface area contributed by atoms with Crippen LogP contribution >= 0.6 is 0 Å². The quantitative estimate of drug-likeness (QED) is 0.572. The fourth-order valence-corrected chi connectivity index (χ4v) is 4.71. The van der Waals surface area contributed by atoms with E-state index >= 15 is 0 Å². The van der Waals surface area contributed by atoms with Crippen LogP contribution in [0.25, 0.3) is 0 Å². The van der Waals surface area contributed by atoms with Crippen LogP contribution in [0.1, 0.15) is 34.3 Å². The standard InChI is InChI=1S/C24H26N4O3S/c1-18-9-11-21(32(30,31)26-16-19-7-3-2-4-8-19)15-22(18)24(29)27-20-10-12-23(25-17-20)28-13-5-6-14-28/h2-4,7-12,15,17,26H,5-6,13-14,16H2,1H3,(H,27,29). The highest BCUT2D eigenvalue weighted by atomic mass is 32.2. The zero-order chi connectivity index (χ0) is 22.6. The Morgan fingerprint density at radius 1 is 1.03 bits per heavy atom. The van der Waals surface area contributed by atoms with Gasteiger partial charge in [-0.3, -0.25) is 4.79 Å². The highest BCUT2D eigenvalue weighted by Gasteiger charge is 2.19. The first kappa shape index (κ1) is 22.0. The molecule has 1 aromatic heterocycles. The lowest BCUT2D eigenvalue weighted by Crippen LogP contribution is -2.24. The molecule has 0 saturated carbocycles. The van der Waals surface area contributed by atoms with E-state index in [-0.39, 0.29) is 17.3 Å². The first-order valence-electron chi connectivity index (χ1n) is 10.6. The van der Waals surface area contributed by atoms with Crippen molar-refractivity contribution in [1.82, 2.24) is 9.71 Å². The van der Waals surface area contributed by atoms with Crippen molar-refractivity contribution in [3.05, 3.63) is 83.6 Å². The molecule has 0 atom stereocenters. The third-order valence-electron chi connectivity index (χ3n) is 5.51. The lowest BCUT2D eigenvalue weighted by Gasteiger charge is -2.16. The third kappa shape index (κ3) is 5.15. The lowest BCUT2D eigenvalue weighted by atomic mass is 10.1. The zero-order valence-electron chi connectivity index (χ0n) is 17.9. The number of hydrogen-bond donors (Lipinski definition) is 2. The summed E-state index contributed by atoms with van der Waals surface area (Å²) in [7, 11) is -3.77. The SMILES string of the molecule is Cc1ccc(S(=O)(=O)NCc2ccccc2)cc1C(=O)Nc1ccc(N2CCCC2)nc1. The summed E-state index contributed by atoms with van der Waals surface area (Å²) in [6.07, 6.45) is 3.96. The molecule has 0 radical (unpaired) electrons. The molecule has 1 amide bonds. The van der Waals surface area contributed by atoms with Crippen LogP contribution in [0.4, 0.5) is 11.5 Å². The summed E-state index contributed by atoms with van der Waals surface area (Å²) in [4.78, 5) is 19.6. The molecule has 7 nitrogen and oxygen atoms in total. The maximum Gasteiger partial charge on any atom is 0.256 e. The van der Waals surface area contributed by atoms with Crippen LogP contribution < -0.4 is 14.9 Å². The van der Waals surface area contributed by atoms with E-state index in [0.29, 0.717) is 16.8 Å². The molecule has 0 spiro atoms. The Balaban J connectivity index is 1.47. The molecule has 0 unspecified atom stereocenters. The Labute approximate surface area is 188 Å². The molecule has 1 fully saturated rings. The van der Waals surface area contributed by atoms with Crippen molar-refractivity contribution < 1.29 is 13.2 Å². The van der Waals surface area contributed by atoms with E-state index in [4.69, 9.17) is 0 Å². The van der Waals surface area contributed by atoms with Gasteiger partial charge in [-0.25, -0.2) is 18.1 Å². The molecule has 8 heteroatoms. The van der Waals surface area contributed by atoms with Crippen molar-refractivity contribution in [1.29, 1.82) is 0 Å². The van der Waals surface area contributed by atoms with Gasteiger partial charge in [0.2, 0.25) is 10.0 Å². The smallest absolute Gasteiger partial charge is 0.256 e. The summed E-state index contributed by atoms with van der Waals surface area (Å²) >= 11 is 0. The molecule has 32 heavy (non-hydrogen) atoms. The fourth-order valence-electron chi connectivity index (χ4n) is 3.66. The molecule has 1 saturated heterocycles. The van der Waals surface area contributed by atoms with Crippen LogP contribution in [-0.4, -0.2) is 32.4 Å². The predicted octanol–water partition coefficient (Wildman–Crippen LogP) is 3.72. The predicted molar refractivity (Wildman–Crippen MR) is 125 cm³/mol. The van der Waals surface area contributed by atoms with Gasteiger partial charge in [0.05, 0.1) is 16.8 Å². The number of pyridine rings is 1. The molecule has 2 N–H and O–H groups in total. The van der Waals surface area contributed by atoms with E-state index in [9.17, 15) is 13.2 Å². The van der Waals surface area contributed by atoms with Gasteiger partial charge in [0.15, 0.2) is 0 Å². The number of aryl methyl sites for hydroxylation is 1. The fraction of sp³-hybridized carbons (Fsp3) is 0.250. The molecule has 2 heterocycles. The van der Waals surface area contributed by atoms with Gasteiger partial charge in [0, 0.05) is 25.2 Å². The average molecular weight is 451 g/mol. The van der Waals surface area contributed by atoms with E-state index in [1.807, 2.05) is 42.5 Å². The van der Waals surface area contributed by atoms with Gasteiger partial charge in [-0.2, -0.15) is 0 Å². The van der Waals surface area contributed by atoms with Crippen molar-refractivity contribution >= 4 is 27.4 Å². The molecule has 2 aromatic carbocycles. The number of carbonyl (C=O) groups excluding carboxylic acids is 1. The second kappa shape index (κ2) is 9.50. The number of sulfonamides is 1. The van der Waals surface area contributed by atoms with E-state index in [1.54, 1.807) is 19.2 Å². The molecular formula is C24H26N4O3S. The Hall–Kier alpha value is -3.23. The highest BCUT2D eigenvalue weighted by Crippen LogP contribution is 2.21. The van der Waals surface area contributed by atoms with Gasteiger partial charge in [0.25, 0.3) is 5.91 Å². The minimum absolute atomic E-state index is 0.0479. The number of rotatable bonds is 7. The lowest BCUT2D eigenvalue weighted by molar-refractivity contribution is 0.102. The highest BCUT2D eigenvalue weighted by molar-refractivity contribution is 7.89. The third-order valence-corrected chi connectivity index (χ3v) is 6.91. The maximum absolute atomic E-state index is 12.9. The molecule has 0 bridgehead atoms. The number of amides is 1. The summed E-state index contributed by atoms with van der Waals surface area (Å²) in [5.41, 5.74) is 2.40. The van der Waals surface area contributed by atoms with Crippen LogP contribution in [0.15, 0.2) is 71.8 Å². The summed E-state index contributed by atoms with van der Waals surface area (Å²) in [5, 5.41) is 2.82. The minimum atomic E-state index is -3.77. The van der Waals surface area contributed by atoms with E-state index in [0.717, 1.165) is 24.5 Å². The van der Waals surface area contributed by atoms with E-state index < -0.39 is 10.0 Å². The number of carbonyl (C=O) groups is 1. The zero-order valence-corrected chi connectivity index (χ0v) is 18.7. The van der Waals surface area contributed by atoms with Crippen LogP contribution in [0, 0.1) is 6.92 Å².